The van der Waals surface area contributed by atoms with E-state index < -0.39 is 0 Å². The lowest BCUT2D eigenvalue weighted by Gasteiger charge is -2.28. The number of anilines is 1. The molecule has 0 bridgehead atoms. The van der Waals surface area contributed by atoms with E-state index in [0.717, 1.165) is 31.2 Å². The Morgan fingerprint density at radius 2 is 2.32 bits per heavy atom. The molecule has 0 aliphatic carbocycles. The number of carbonyl (C=O) groups excluding carboxylic acids is 1. The SMILES string of the molecule is COCc1nc([C@H]2CCCCCN2C(=O)Nc2cnccc2C)no1. The van der Waals surface area contributed by atoms with Crippen LogP contribution in [-0.4, -0.2) is 39.7 Å². The Kier molecular flexibility index (Phi) is 5.60. The highest BCUT2D eigenvalue weighted by atomic mass is 16.5. The first-order chi connectivity index (χ1) is 12.2. The van der Waals surface area contributed by atoms with Gasteiger partial charge in [0.05, 0.1) is 17.9 Å². The summed E-state index contributed by atoms with van der Waals surface area (Å²) in [6.07, 6.45) is 7.23. The number of pyridine rings is 1. The lowest BCUT2D eigenvalue weighted by Crippen LogP contribution is -2.38. The van der Waals surface area contributed by atoms with E-state index in [4.69, 9.17) is 9.26 Å². The molecule has 3 rings (SSSR count). The number of aromatic nitrogens is 3. The Hall–Kier alpha value is -2.48. The minimum atomic E-state index is -0.200. The molecule has 8 nitrogen and oxygen atoms in total. The molecular weight excluding hydrogens is 322 g/mol. The average Bonchev–Trinajstić information content (AvgIpc) is 2.92. The van der Waals surface area contributed by atoms with Crippen LogP contribution in [0.1, 0.15) is 49.0 Å². The zero-order chi connectivity index (χ0) is 17.6. The first kappa shape index (κ1) is 17.3. The van der Waals surface area contributed by atoms with Crippen LogP contribution in [-0.2, 0) is 11.3 Å². The second kappa shape index (κ2) is 8.06. The molecule has 1 atom stereocenters. The van der Waals surface area contributed by atoms with Gasteiger partial charge < -0.3 is 19.5 Å². The van der Waals surface area contributed by atoms with Crippen molar-refractivity contribution < 1.29 is 14.1 Å². The van der Waals surface area contributed by atoms with Gasteiger partial charge in [-0.1, -0.05) is 18.0 Å². The molecule has 2 aromatic heterocycles. The first-order valence-electron chi connectivity index (χ1n) is 8.48. The van der Waals surface area contributed by atoms with E-state index in [0.29, 0.717) is 23.9 Å². The number of urea groups is 1. The normalized spacial score (nSPS) is 18.0. The number of hydrogen-bond donors (Lipinski definition) is 1. The van der Waals surface area contributed by atoms with E-state index in [9.17, 15) is 4.79 Å². The number of rotatable bonds is 4. The summed E-state index contributed by atoms with van der Waals surface area (Å²) in [5.74, 6) is 0.956. The highest BCUT2D eigenvalue weighted by molar-refractivity contribution is 5.90. The van der Waals surface area contributed by atoms with Crippen LogP contribution < -0.4 is 5.32 Å². The maximum atomic E-state index is 12.9. The van der Waals surface area contributed by atoms with Crippen LogP contribution in [0, 0.1) is 6.92 Å². The van der Waals surface area contributed by atoms with E-state index in [-0.39, 0.29) is 18.7 Å². The molecule has 25 heavy (non-hydrogen) atoms. The minimum absolute atomic E-state index is 0.166. The molecule has 134 valence electrons. The lowest BCUT2D eigenvalue weighted by molar-refractivity contribution is 0.151. The molecule has 2 aromatic rings. The average molecular weight is 345 g/mol. The summed E-state index contributed by atoms with van der Waals surface area (Å²) in [6, 6.07) is 1.50. The molecule has 0 saturated carbocycles. The molecule has 3 heterocycles. The number of ether oxygens (including phenoxy) is 1. The molecule has 1 saturated heterocycles. The van der Waals surface area contributed by atoms with Crippen LogP contribution in [0.5, 0.6) is 0 Å². The van der Waals surface area contributed by atoms with Crippen molar-refractivity contribution in [3.63, 3.8) is 0 Å². The van der Waals surface area contributed by atoms with Crippen LogP contribution in [0.15, 0.2) is 23.0 Å². The Balaban J connectivity index is 1.79. The monoisotopic (exact) mass is 345 g/mol. The molecule has 0 radical (unpaired) electrons. The Morgan fingerprint density at radius 1 is 1.44 bits per heavy atom. The number of carbonyl (C=O) groups is 1. The van der Waals surface area contributed by atoms with Crippen molar-refractivity contribution >= 4 is 11.7 Å². The van der Waals surface area contributed by atoms with Crippen LogP contribution >= 0.6 is 0 Å². The molecule has 0 unspecified atom stereocenters. The fourth-order valence-corrected chi connectivity index (χ4v) is 2.99. The number of nitrogens with one attached hydrogen (secondary N) is 1. The summed E-state index contributed by atoms with van der Waals surface area (Å²) in [7, 11) is 1.57. The molecule has 1 N–H and O–H groups in total. The molecule has 0 spiro atoms. The summed E-state index contributed by atoms with van der Waals surface area (Å²) in [5, 5.41) is 7.01. The van der Waals surface area contributed by atoms with Gasteiger partial charge >= 0.3 is 6.03 Å². The van der Waals surface area contributed by atoms with Crippen LogP contribution in [0.25, 0.3) is 0 Å². The number of methoxy groups -OCH3 is 1. The molecule has 1 aliphatic rings. The lowest BCUT2D eigenvalue weighted by atomic mass is 10.1. The van der Waals surface area contributed by atoms with Gasteiger partial charge in [0.2, 0.25) is 0 Å². The number of nitrogens with zero attached hydrogens (tertiary/aromatic N) is 4. The van der Waals surface area contributed by atoms with Crippen molar-refractivity contribution in [2.24, 2.45) is 0 Å². The van der Waals surface area contributed by atoms with Crippen LogP contribution in [0.4, 0.5) is 10.5 Å². The second-order valence-electron chi connectivity index (χ2n) is 6.16. The number of amides is 2. The molecule has 8 heteroatoms. The Labute approximate surface area is 146 Å². The van der Waals surface area contributed by atoms with Gasteiger partial charge in [-0.05, 0) is 31.4 Å². The zero-order valence-electron chi connectivity index (χ0n) is 14.6. The van der Waals surface area contributed by atoms with E-state index in [1.807, 2.05) is 13.0 Å². The minimum Gasteiger partial charge on any atom is -0.375 e. The van der Waals surface area contributed by atoms with E-state index >= 15 is 0 Å². The van der Waals surface area contributed by atoms with Gasteiger partial charge in [-0.25, -0.2) is 4.79 Å². The van der Waals surface area contributed by atoms with E-state index in [1.54, 1.807) is 24.4 Å². The molecule has 1 fully saturated rings. The maximum Gasteiger partial charge on any atom is 0.322 e. The summed E-state index contributed by atoms with van der Waals surface area (Å²) in [5.41, 5.74) is 1.68. The van der Waals surface area contributed by atoms with Gasteiger partial charge in [0, 0.05) is 19.9 Å². The third-order valence-corrected chi connectivity index (χ3v) is 4.34. The standard InChI is InChI=1S/C17H23N5O3/c1-12-7-8-18-10-13(12)19-17(23)22-9-5-3-4-6-14(22)16-20-15(11-24-2)25-21-16/h7-8,10,14H,3-6,9,11H2,1-2H3,(H,19,23)/t14-/m1/s1. The van der Waals surface area contributed by atoms with Crippen molar-refractivity contribution in [3.05, 3.63) is 35.7 Å². The third kappa shape index (κ3) is 4.14. The first-order valence-corrected chi connectivity index (χ1v) is 8.48. The highest BCUT2D eigenvalue weighted by Crippen LogP contribution is 2.29. The fraction of sp³-hybridized carbons (Fsp3) is 0.529. The van der Waals surface area contributed by atoms with Crippen molar-refractivity contribution in [2.45, 2.75) is 45.3 Å². The predicted molar refractivity (Wildman–Crippen MR) is 90.9 cm³/mol. The van der Waals surface area contributed by atoms with Gasteiger partial charge in [0.15, 0.2) is 5.82 Å². The molecule has 2 amide bonds. The quantitative estimate of drug-likeness (QED) is 0.915. The smallest absolute Gasteiger partial charge is 0.322 e. The summed E-state index contributed by atoms with van der Waals surface area (Å²) in [4.78, 5) is 23.1. The Morgan fingerprint density at radius 3 is 3.12 bits per heavy atom. The number of hydrogen-bond acceptors (Lipinski definition) is 6. The summed E-state index contributed by atoms with van der Waals surface area (Å²) in [6.45, 7) is 2.86. The van der Waals surface area contributed by atoms with Crippen molar-refractivity contribution in [3.8, 4) is 0 Å². The fourth-order valence-electron chi connectivity index (χ4n) is 2.99. The maximum absolute atomic E-state index is 12.9. The van der Waals surface area contributed by atoms with Crippen LogP contribution in [0.2, 0.25) is 0 Å². The number of aryl methyl sites for hydroxylation is 1. The topological polar surface area (TPSA) is 93.4 Å². The predicted octanol–water partition coefficient (Wildman–Crippen LogP) is 3.07. The van der Waals surface area contributed by atoms with E-state index in [1.165, 1.54) is 0 Å². The van der Waals surface area contributed by atoms with Gasteiger partial charge in [-0.15, -0.1) is 0 Å². The van der Waals surface area contributed by atoms with Gasteiger partial charge in [-0.3, -0.25) is 4.98 Å². The zero-order valence-corrected chi connectivity index (χ0v) is 14.6. The van der Waals surface area contributed by atoms with E-state index in [2.05, 4.69) is 20.4 Å². The van der Waals surface area contributed by atoms with Crippen molar-refractivity contribution in [1.82, 2.24) is 20.0 Å². The van der Waals surface area contributed by atoms with Crippen molar-refractivity contribution in [2.75, 3.05) is 19.0 Å². The second-order valence-corrected chi connectivity index (χ2v) is 6.16. The third-order valence-electron chi connectivity index (χ3n) is 4.34. The van der Waals surface area contributed by atoms with Gasteiger partial charge in [0.1, 0.15) is 6.61 Å². The highest BCUT2D eigenvalue weighted by Gasteiger charge is 2.30. The summed E-state index contributed by atoms with van der Waals surface area (Å²) < 4.78 is 10.2. The summed E-state index contributed by atoms with van der Waals surface area (Å²) >= 11 is 0. The largest absolute Gasteiger partial charge is 0.375 e. The van der Waals surface area contributed by atoms with Crippen molar-refractivity contribution in [1.29, 1.82) is 0 Å². The van der Waals surface area contributed by atoms with Gasteiger partial charge in [-0.2, -0.15) is 4.98 Å². The van der Waals surface area contributed by atoms with Gasteiger partial charge in [0.25, 0.3) is 5.89 Å². The molecule has 0 aromatic carbocycles. The number of likely N-dealkylation sites (tertiary alicyclic amines) is 1. The Bertz CT molecular complexity index is 718. The van der Waals surface area contributed by atoms with Crippen LogP contribution in [0.3, 0.4) is 0 Å². The molecular formula is C17H23N5O3. The molecule has 1 aliphatic heterocycles.